The van der Waals surface area contributed by atoms with E-state index in [-0.39, 0.29) is 22.8 Å². The molecule has 154 valence electrons. The fourth-order valence-electron chi connectivity index (χ4n) is 2.61. The Bertz CT molecular complexity index is 575. The van der Waals surface area contributed by atoms with Crippen molar-refractivity contribution in [2.75, 3.05) is 13.7 Å². The summed E-state index contributed by atoms with van der Waals surface area (Å²) in [6.45, 7) is 16.2. The third-order valence-corrected chi connectivity index (χ3v) is 10.1. The van der Waals surface area contributed by atoms with Crippen molar-refractivity contribution in [1.29, 1.82) is 0 Å². The van der Waals surface area contributed by atoms with Gasteiger partial charge in [-0.2, -0.15) is 0 Å². The average molecular weight is 395 g/mol. The molecule has 1 rings (SSSR count). The van der Waals surface area contributed by atoms with Gasteiger partial charge in [-0.25, -0.2) is 0 Å². The highest BCUT2D eigenvalue weighted by Crippen LogP contribution is 2.38. The number of methoxy groups -OCH3 is 1. The van der Waals surface area contributed by atoms with E-state index in [1.54, 1.807) is 7.11 Å². The van der Waals surface area contributed by atoms with Gasteiger partial charge >= 0.3 is 0 Å². The molecule has 0 fully saturated rings. The molecule has 0 aliphatic carbocycles. The first-order chi connectivity index (χ1) is 12.5. The lowest BCUT2D eigenvalue weighted by molar-refractivity contribution is -0.125. The Morgan fingerprint density at radius 1 is 1.15 bits per heavy atom. The fraction of sp³-hybridized carbons (Fsp3) is 0.682. The van der Waals surface area contributed by atoms with E-state index in [9.17, 15) is 4.79 Å². The molecular formula is C22H38O4Si. The quantitative estimate of drug-likeness (QED) is 0.361. The van der Waals surface area contributed by atoms with Crippen molar-refractivity contribution in [3.63, 3.8) is 0 Å². The van der Waals surface area contributed by atoms with Crippen molar-refractivity contribution in [3.05, 3.63) is 29.8 Å². The van der Waals surface area contributed by atoms with Crippen LogP contribution in [0.4, 0.5) is 0 Å². The van der Waals surface area contributed by atoms with Crippen LogP contribution in [-0.4, -0.2) is 33.9 Å². The minimum atomic E-state index is -1.95. The summed E-state index contributed by atoms with van der Waals surface area (Å²) in [6, 6.07) is 7.88. The molecule has 0 radical (unpaired) electrons. The van der Waals surface area contributed by atoms with Gasteiger partial charge in [-0.05, 0) is 42.2 Å². The third-order valence-electron chi connectivity index (χ3n) is 5.64. The third kappa shape index (κ3) is 7.39. The SMILES string of the molecule is CCC(=O)[C@H](C)[C@@H](CCOCc1ccc(OC)cc1)O[Si](C)(C)C(C)(C)C. The van der Waals surface area contributed by atoms with Gasteiger partial charge in [-0.3, -0.25) is 4.79 Å². The molecule has 2 atom stereocenters. The number of rotatable bonds is 11. The molecule has 1 aromatic rings. The van der Waals surface area contributed by atoms with Crippen molar-refractivity contribution < 1.29 is 18.7 Å². The van der Waals surface area contributed by atoms with Crippen molar-refractivity contribution in [2.45, 2.75) is 78.3 Å². The van der Waals surface area contributed by atoms with Gasteiger partial charge in [0.15, 0.2) is 8.32 Å². The van der Waals surface area contributed by atoms with Crippen LogP contribution in [0.3, 0.4) is 0 Å². The number of Topliss-reactive ketones (excluding diaryl/α,β-unsaturated/α-hetero) is 1. The lowest BCUT2D eigenvalue weighted by atomic mass is 9.96. The van der Waals surface area contributed by atoms with Gasteiger partial charge in [-0.1, -0.05) is 46.8 Å². The van der Waals surface area contributed by atoms with Gasteiger partial charge in [0.05, 0.1) is 19.8 Å². The minimum Gasteiger partial charge on any atom is -0.497 e. The number of carbonyl (C=O) groups excluding carboxylic acids is 1. The second-order valence-corrected chi connectivity index (χ2v) is 13.5. The molecule has 0 aliphatic heterocycles. The van der Waals surface area contributed by atoms with Crippen LogP contribution in [0.25, 0.3) is 0 Å². The summed E-state index contributed by atoms with van der Waals surface area (Å²) in [5.74, 6) is 0.996. The van der Waals surface area contributed by atoms with E-state index >= 15 is 0 Å². The minimum absolute atomic E-state index is 0.0887. The normalized spacial score (nSPS) is 14.7. The predicted molar refractivity (Wildman–Crippen MR) is 114 cm³/mol. The molecule has 0 spiro atoms. The topological polar surface area (TPSA) is 44.8 Å². The number of benzene rings is 1. The molecule has 0 heterocycles. The molecule has 5 heteroatoms. The van der Waals surface area contributed by atoms with E-state index < -0.39 is 8.32 Å². The van der Waals surface area contributed by atoms with E-state index in [1.807, 2.05) is 38.1 Å². The van der Waals surface area contributed by atoms with Crippen LogP contribution in [0, 0.1) is 5.92 Å². The number of hydrogen-bond donors (Lipinski definition) is 0. The number of ether oxygens (including phenoxy) is 2. The van der Waals surface area contributed by atoms with Gasteiger partial charge < -0.3 is 13.9 Å². The lowest BCUT2D eigenvalue weighted by Gasteiger charge is -2.40. The number of carbonyl (C=O) groups is 1. The Morgan fingerprint density at radius 2 is 1.74 bits per heavy atom. The van der Waals surface area contributed by atoms with Gasteiger partial charge in [0.25, 0.3) is 0 Å². The largest absolute Gasteiger partial charge is 0.497 e. The van der Waals surface area contributed by atoms with Crippen molar-refractivity contribution in [3.8, 4) is 5.75 Å². The molecule has 0 saturated carbocycles. The number of ketones is 1. The maximum atomic E-state index is 12.3. The molecule has 0 aliphatic rings. The van der Waals surface area contributed by atoms with Crippen LogP contribution >= 0.6 is 0 Å². The standard InChI is InChI=1S/C22H38O4Si/c1-9-20(23)17(2)21(26-27(7,8)22(3,4)5)14-15-25-16-18-10-12-19(24-6)13-11-18/h10-13,17,21H,9,14-16H2,1-8H3/t17-,21+/m0/s1. The van der Waals surface area contributed by atoms with Gasteiger partial charge in [0, 0.05) is 18.9 Å². The zero-order chi connectivity index (χ0) is 20.7. The van der Waals surface area contributed by atoms with E-state index in [2.05, 4.69) is 33.9 Å². The van der Waals surface area contributed by atoms with Crippen molar-refractivity contribution in [1.82, 2.24) is 0 Å². The second kappa shape index (κ2) is 10.4. The summed E-state index contributed by atoms with van der Waals surface area (Å²) < 4.78 is 17.6. The second-order valence-electron chi connectivity index (χ2n) is 8.71. The fourth-order valence-corrected chi connectivity index (χ4v) is 4.04. The first kappa shape index (κ1) is 23.9. The van der Waals surface area contributed by atoms with E-state index in [0.29, 0.717) is 19.6 Å². The maximum Gasteiger partial charge on any atom is 0.192 e. The van der Waals surface area contributed by atoms with Crippen LogP contribution in [0.2, 0.25) is 18.1 Å². The molecular weight excluding hydrogens is 356 g/mol. The zero-order valence-corrected chi connectivity index (χ0v) is 19.4. The summed E-state index contributed by atoms with van der Waals surface area (Å²) in [7, 11) is -0.286. The first-order valence-corrected chi connectivity index (χ1v) is 12.8. The van der Waals surface area contributed by atoms with Gasteiger partial charge in [0.1, 0.15) is 11.5 Å². The molecule has 0 saturated heterocycles. The van der Waals surface area contributed by atoms with Crippen LogP contribution in [0.15, 0.2) is 24.3 Å². The average Bonchev–Trinajstić information content (AvgIpc) is 2.62. The lowest BCUT2D eigenvalue weighted by Crippen LogP contribution is -2.46. The summed E-state index contributed by atoms with van der Waals surface area (Å²) in [5.41, 5.74) is 1.11. The van der Waals surface area contributed by atoms with Gasteiger partial charge in [0.2, 0.25) is 0 Å². The van der Waals surface area contributed by atoms with Crippen LogP contribution in [-0.2, 0) is 20.6 Å². The first-order valence-electron chi connectivity index (χ1n) is 9.93. The van der Waals surface area contributed by atoms with Crippen LogP contribution in [0.5, 0.6) is 5.75 Å². The van der Waals surface area contributed by atoms with Crippen molar-refractivity contribution >= 4 is 14.1 Å². The number of hydrogen-bond acceptors (Lipinski definition) is 4. The van der Waals surface area contributed by atoms with Crippen LogP contribution in [0.1, 0.15) is 53.0 Å². The zero-order valence-electron chi connectivity index (χ0n) is 18.4. The molecule has 0 amide bonds. The predicted octanol–water partition coefficient (Wildman–Crippen LogP) is 5.61. The summed E-state index contributed by atoms with van der Waals surface area (Å²) in [5, 5.41) is 0.115. The maximum absolute atomic E-state index is 12.3. The molecule has 0 N–H and O–H groups in total. The Morgan fingerprint density at radius 3 is 2.22 bits per heavy atom. The Labute approximate surface area is 166 Å². The monoisotopic (exact) mass is 394 g/mol. The summed E-state index contributed by atoms with van der Waals surface area (Å²) in [6.07, 6.45) is 1.19. The highest BCUT2D eigenvalue weighted by atomic mass is 28.4. The molecule has 1 aromatic carbocycles. The molecule has 0 bridgehead atoms. The Balaban J connectivity index is 2.66. The van der Waals surface area contributed by atoms with E-state index in [0.717, 1.165) is 17.7 Å². The van der Waals surface area contributed by atoms with E-state index in [4.69, 9.17) is 13.9 Å². The summed E-state index contributed by atoms with van der Waals surface area (Å²) in [4.78, 5) is 12.3. The molecule has 4 nitrogen and oxygen atoms in total. The highest BCUT2D eigenvalue weighted by Gasteiger charge is 2.40. The highest BCUT2D eigenvalue weighted by molar-refractivity contribution is 6.74. The molecule has 27 heavy (non-hydrogen) atoms. The Hall–Kier alpha value is -1.17. The summed E-state index contributed by atoms with van der Waals surface area (Å²) >= 11 is 0. The van der Waals surface area contributed by atoms with E-state index in [1.165, 1.54) is 0 Å². The smallest absolute Gasteiger partial charge is 0.192 e. The Kier molecular flexibility index (Phi) is 9.19. The van der Waals surface area contributed by atoms with Crippen LogP contribution < -0.4 is 4.74 Å². The van der Waals surface area contributed by atoms with Gasteiger partial charge in [-0.15, -0.1) is 0 Å². The van der Waals surface area contributed by atoms with Crippen molar-refractivity contribution in [2.24, 2.45) is 5.92 Å². The molecule has 0 unspecified atom stereocenters. The molecule has 0 aromatic heterocycles.